The average Bonchev–Trinajstić information content (AvgIpc) is 3.40. The Kier molecular flexibility index (Phi) is 4.69. The number of hydrogen-bond acceptors (Lipinski definition) is 3. The van der Waals surface area contributed by atoms with Crippen LogP contribution in [0.15, 0.2) is 36.7 Å². The zero-order valence-electron chi connectivity index (χ0n) is 13.8. The van der Waals surface area contributed by atoms with E-state index in [-0.39, 0.29) is 17.6 Å². The van der Waals surface area contributed by atoms with Crippen LogP contribution >= 0.6 is 0 Å². The Bertz CT molecular complexity index is 848. The van der Waals surface area contributed by atoms with Crippen LogP contribution in [0.25, 0.3) is 11.1 Å². The molecular weight excluding hydrogens is 327 g/mol. The Morgan fingerprint density at radius 3 is 2.62 bits per heavy atom. The first-order chi connectivity index (χ1) is 11.4. The van der Waals surface area contributed by atoms with Gasteiger partial charge in [0.2, 0.25) is 10.0 Å². The number of nitrogens with one attached hydrogen (secondary N) is 1. The van der Waals surface area contributed by atoms with Crippen LogP contribution in [0.3, 0.4) is 0 Å². The van der Waals surface area contributed by atoms with Crippen molar-refractivity contribution in [3.63, 3.8) is 0 Å². The summed E-state index contributed by atoms with van der Waals surface area (Å²) in [5, 5.41) is 0. The minimum atomic E-state index is -3.29. The third kappa shape index (κ3) is 3.82. The lowest BCUT2D eigenvalue weighted by molar-refractivity contribution is 0.529. The van der Waals surface area contributed by atoms with Crippen molar-refractivity contribution < 1.29 is 12.8 Å². The van der Waals surface area contributed by atoms with Crippen molar-refractivity contribution in [3.8, 4) is 11.1 Å². The summed E-state index contributed by atoms with van der Waals surface area (Å²) in [6.07, 6.45) is 5.45. The highest BCUT2D eigenvalue weighted by atomic mass is 32.2. The van der Waals surface area contributed by atoms with Crippen LogP contribution in [0.1, 0.15) is 36.9 Å². The molecule has 1 aromatic heterocycles. The fourth-order valence-corrected chi connectivity index (χ4v) is 3.63. The van der Waals surface area contributed by atoms with E-state index in [1.807, 2.05) is 6.07 Å². The van der Waals surface area contributed by atoms with Gasteiger partial charge in [-0.1, -0.05) is 6.07 Å². The van der Waals surface area contributed by atoms with Crippen molar-refractivity contribution in [1.29, 1.82) is 0 Å². The van der Waals surface area contributed by atoms with Gasteiger partial charge in [0, 0.05) is 18.0 Å². The van der Waals surface area contributed by atoms with E-state index in [2.05, 4.69) is 9.71 Å². The van der Waals surface area contributed by atoms with Gasteiger partial charge in [-0.3, -0.25) is 4.98 Å². The summed E-state index contributed by atoms with van der Waals surface area (Å²) >= 11 is 0. The normalized spacial score (nSPS) is 16.1. The maximum Gasteiger partial charge on any atom is 0.211 e. The Morgan fingerprint density at radius 2 is 2.00 bits per heavy atom. The first-order valence-electron chi connectivity index (χ1n) is 8.11. The highest BCUT2D eigenvalue weighted by Crippen LogP contribution is 2.41. The maximum atomic E-state index is 13.5. The predicted octanol–water partition coefficient (Wildman–Crippen LogP) is 3.59. The summed E-state index contributed by atoms with van der Waals surface area (Å²) in [6.45, 7) is 3.35. The van der Waals surface area contributed by atoms with Gasteiger partial charge >= 0.3 is 0 Å². The molecule has 0 aliphatic heterocycles. The van der Waals surface area contributed by atoms with Crippen molar-refractivity contribution in [1.82, 2.24) is 9.71 Å². The van der Waals surface area contributed by atoms with Crippen molar-refractivity contribution in [2.24, 2.45) is 5.92 Å². The molecule has 1 aliphatic carbocycles. The third-order valence-electron chi connectivity index (χ3n) is 4.39. The summed E-state index contributed by atoms with van der Waals surface area (Å²) in [7, 11) is -3.29. The van der Waals surface area contributed by atoms with E-state index >= 15 is 0 Å². The standard InChI is InChI=1S/C18H21FN2O2S/c1-3-24(22,23)21-18(13-4-5-13)16-9-15(10-20-11-16)14-6-7-17(19)12(2)8-14/h6-11,13,18,21H,3-5H2,1-2H3. The number of hydrogen-bond donors (Lipinski definition) is 1. The molecule has 1 unspecified atom stereocenters. The molecule has 1 fully saturated rings. The van der Waals surface area contributed by atoms with E-state index in [0.717, 1.165) is 29.5 Å². The summed E-state index contributed by atoms with van der Waals surface area (Å²) in [5.74, 6) is 0.133. The molecule has 1 heterocycles. The fourth-order valence-electron chi connectivity index (χ4n) is 2.75. The van der Waals surface area contributed by atoms with E-state index in [9.17, 15) is 12.8 Å². The largest absolute Gasteiger partial charge is 0.264 e. The van der Waals surface area contributed by atoms with Gasteiger partial charge in [-0.15, -0.1) is 0 Å². The molecule has 0 radical (unpaired) electrons. The number of sulfonamides is 1. The first-order valence-corrected chi connectivity index (χ1v) is 9.76. The molecule has 1 N–H and O–H groups in total. The van der Waals surface area contributed by atoms with Crippen LogP contribution in [0.4, 0.5) is 4.39 Å². The van der Waals surface area contributed by atoms with Crippen LogP contribution in [0.5, 0.6) is 0 Å². The molecule has 1 saturated carbocycles. The van der Waals surface area contributed by atoms with Gasteiger partial charge in [-0.05, 0) is 67.5 Å². The Hall–Kier alpha value is -1.79. The first kappa shape index (κ1) is 17.0. The van der Waals surface area contributed by atoms with E-state index in [0.29, 0.717) is 11.5 Å². The van der Waals surface area contributed by atoms with Crippen LogP contribution in [0.2, 0.25) is 0 Å². The lowest BCUT2D eigenvalue weighted by atomic mass is 9.99. The van der Waals surface area contributed by atoms with Crippen molar-refractivity contribution in [3.05, 3.63) is 53.6 Å². The minimum absolute atomic E-state index is 0.0560. The summed E-state index contributed by atoms with van der Waals surface area (Å²) in [5.41, 5.74) is 3.16. The molecule has 1 atom stereocenters. The zero-order chi connectivity index (χ0) is 17.3. The number of rotatable bonds is 6. The average molecular weight is 348 g/mol. The second-order valence-corrected chi connectivity index (χ2v) is 8.35. The molecule has 0 spiro atoms. The van der Waals surface area contributed by atoms with Crippen LogP contribution in [0, 0.1) is 18.7 Å². The molecule has 0 amide bonds. The van der Waals surface area contributed by atoms with Gasteiger partial charge in [0.25, 0.3) is 0 Å². The molecule has 4 nitrogen and oxygen atoms in total. The van der Waals surface area contributed by atoms with Crippen molar-refractivity contribution in [2.75, 3.05) is 5.75 Å². The fraction of sp³-hybridized carbons (Fsp3) is 0.389. The van der Waals surface area contributed by atoms with Crippen molar-refractivity contribution in [2.45, 2.75) is 32.7 Å². The lowest BCUT2D eigenvalue weighted by Crippen LogP contribution is -2.31. The smallest absolute Gasteiger partial charge is 0.211 e. The summed E-state index contributed by atoms with van der Waals surface area (Å²) < 4.78 is 40.2. The van der Waals surface area contributed by atoms with Gasteiger partial charge in [-0.2, -0.15) is 0 Å². The third-order valence-corrected chi connectivity index (χ3v) is 5.76. The molecule has 128 valence electrons. The number of aryl methyl sites for hydroxylation is 1. The monoisotopic (exact) mass is 348 g/mol. The topological polar surface area (TPSA) is 59.1 Å². The van der Waals surface area contributed by atoms with Gasteiger partial charge in [0.05, 0.1) is 11.8 Å². The molecule has 2 aromatic rings. The molecular formula is C18H21FN2O2S. The molecule has 0 bridgehead atoms. The molecule has 3 rings (SSSR count). The highest BCUT2D eigenvalue weighted by Gasteiger charge is 2.35. The number of pyridine rings is 1. The number of benzene rings is 1. The van der Waals surface area contributed by atoms with Gasteiger partial charge in [-0.25, -0.2) is 17.5 Å². The second kappa shape index (κ2) is 6.61. The quantitative estimate of drug-likeness (QED) is 0.868. The molecule has 6 heteroatoms. The summed E-state index contributed by atoms with van der Waals surface area (Å²) in [4.78, 5) is 4.27. The van der Waals surface area contributed by atoms with E-state index in [1.165, 1.54) is 6.07 Å². The predicted molar refractivity (Wildman–Crippen MR) is 92.4 cm³/mol. The lowest BCUT2D eigenvalue weighted by Gasteiger charge is -2.19. The molecule has 24 heavy (non-hydrogen) atoms. The molecule has 1 aromatic carbocycles. The number of halogens is 1. The molecule has 1 aliphatic rings. The van der Waals surface area contributed by atoms with Gasteiger partial charge < -0.3 is 0 Å². The van der Waals surface area contributed by atoms with E-state index in [4.69, 9.17) is 0 Å². The minimum Gasteiger partial charge on any atom is -0.264 e. The Morgan fingerprint density at radius 1 is 1.25 bits per heavy atom. The maximum absolute atomic E-state index is 13.5. The van der Waals surface area contributed by atoms with Crippen molar-refractivity contribution >= 4 is 10.0 Å². The Labute approximate surface area is 142 Å². The zero-order valence-corrected chi connectivity index (χ0v) is 14.6. The van der Waals surface area contributed by atoms with Crippen LogP contribution in [-0.4, -0.2) is 19.2 Å². The van der Waals surface area contributed by atoms with E-state index in [1.54, 1.807) is 38.4 Å². The molecule has 0 saturated heterocycles. The van der Waals surface area contributed by atoms with Gasteiger partial charge in [0.15, 0.2) is 0 Å². The number of aromatic nitrogens is 1. The number of nitrogens with zero attached hydrogens (tertiary/aromatic N) is 1. The highest BCUT2D eigenvalue weighted by molar-refractivity contribution is 7.89. The second-order valence-electron chi connectivity index (χ2n) is 6.31. The summed E-state index contributed by atoms with van der Waals surface area (Å²) in [6, 6.07) is 6.63. The van der Waals surface area contributed by atoms with Crippen LogP contribution < -0.4 is 4.72 Å². The van der Waals surface area contributed by atoms with Crippen LogP contribution in [-0.2, 0) is 10.0 Å². The SMILES string of the molecule is CCS(=O)(=O)NC(c1cncc(-c2ccc(F)c(C)c2)c1)C1CC1. The van der Waals surface area contributed by atoms with Gasteiger partial charge in [0.1, 0.15) is 5.82 Å². The van der Waals surface area contributed by atoms with E-state index < -0.39 is 10.0 Å². The Balaban J connectivity index is 1.94.